The zero-order valence-electron chi connectivity index (χ0n) is 20.8. The molecule has 0 fully saturated rings. The van der Waals surface area contributed by atoms with Crippen LogP contribution in [0, 0.1) is 20.8 Å². The average Bonchev–Trinajstić information content (AvgIpc) is 3.11. The lowest BCUT2D eigenvalue weighted by Crippen LogP contribution is -2.36. The maximum atomic E-state index is 10.6. The van der Waals surface area contributed by atoms with Gasteiger partial charge in [0.15, 0.2) is 6.54 Å². The van der Waals surface area contributed by atoms with Crippen molar-refractivity contribution in [1.82, 2.24) is 5.10 Å². The SMILES string of the molecule is CC[n+]1[nH]c(C)c(-c2ccc(C)c(N(CCCCCOCC(=O)O)c3ccc(Cl)c(Cl)c3)c2)c1C. The minimum absolute atomic E-state index is 0.253. The fourth-order valence-electron chi connectivity index (χ4n) is 4.40. The number of rotatable bonds is 12. The van der Waals surface area contributed by atoms with Gasteiger partial charge in [0.05, 0.1) is 21.3 Å². The number of carbonyl (C=O) groups is 1. The molecule has 3 aromatic rings. The van der Waals surface area contributed by atoms with Crippen molar-refractivity contribution in [1.29, 1.82) is 0 Å². The fraction of sp³-hybridized carbons (Fsp3) is 0.407. The Morgan fingerprint density at radius 2 is 1.83 bits per heavy atom. The molecule has 1 aromatic heterocycles. The Balaban J connectivity index is 1.89. The van der Waals surface area contributed by atoms with E-state index in [4.69, 9.17) is 33.0 Å². The molecule has 0 aliphatic heterocycles. The van der Waals surface area contributed by atoms with E-state index in [-0.39, 0.29) is 6.61 Å². The third-order valence-corrected chi connectivity index (χ3v) is 6.90. The Kier molecular flexibility index (Phi) is 9.61. The van der Waals surface area contributed by atoms with E-state index in [2.05, 4.69) is 60.6 Å². The van der Waals surface area contributed by atoms with Gasteiger partial charge >= 0.3 is 5.97 Å². The van der Waals surface area contributed by atoms with Gasteiger partial charge in [0.2, 0.25) is 5.69 Å². The van der Waals surface area contributed by atoms with E-state index in [1.165, 1.54) is 16.8 Å². The van der Waals surface area contributed by atoms with Crippen LogP contribution in [0.1, 0.15) is 43.1 Å². The lowest BCUT2D eigenvalue weighted by Gasteiger charge is -2.28. The van der Waals surface area contributed by atoms with E-state index < -0.39 is 5.97 Å². The summed E-state index contributed by atoms with van der Waals surface area (Å²) >= 11 is 12.6. The molecule has 3 rings (SSSR count). The van der Waals surface area contributed by atoms with Crippen LogP contribution in [0.4, 0.5) is 11.4 Å². The molecule has 0 atom stereocenters. The number of aryl methyl sites for hydroxylation is 3. The lowest BCUT2D eigenvalue weighted by atomic mass is 10.00. The average molecular weight is 519 g/mol. The summed E-state index contributed by atoms with van der Waals surface area (Å²) < 4.78 is 7.33. The number of carboxylic acid groups (broad SMARTS) is 1. The second-order valence-electron chi connectivity index (χ2n) is 8.70. The van der Waals surface area contributed by atoms with E-state index in [0.29, 0.717) is 16.7 Å². The zero-order valence-corrected chi connectivity index (χ0v) is 22.3. The van der Waals surface area contributed by atoms with Crippen LogP contribution in [0.2, 0.25) is 10.0 Å². The molecule has 188 valence electrons. The van der Waals surface area contributed by atoms with Gasteiger partial charge < -0.3 is 14.7 Å². The molecule has 0 saturated carbocycles. The summed E-state index contributed by atoms with van der Waals surface area (Å²) in [6.07, 6.45) is 2.64. The molecule has 1 heterocycles. The van der Waals surface area contributed by atoms with Crippen molar-refractivity contribution in [3.63, 3.8) is 0 Å². The molecule has 0 amide bonds. The number of anilines is 2. The van der Waals surface area contributed by atoms with Gasteiger partial charge in [0.1, 0.15) is 6.61 Å². The van der Waals surface area contributed by atoms with Gasteiger partial charge in [-0.05, 0) is 75.4 Å². The summed E-state index contributed by atoms with van der Waals surface area (Å²) in [5.74, 6) is -0.941. The molecule has 0 aliphatic carbocycles. The standard InChI is InChI=1S/C27H33Cl2N3O3/c1-5-32-20(4)27(19(3)30-32)21-10-9-18(2)25(15-21)31(22-11-12-23(28)24(29)16-22)13-7-6-8-14-35-17-26(33)34/h9-12,15-16H,5-8,13-14,17H2,1-4H3,(H,33,34)/p+1. The number of benzene rings is 2. The van der Waals surface area contributed by atoms with E-state index in [0.717, 1.165) is 55.0 Å². The number of ether oxygens (including phenoxy) is 1. The Bertz CT molecular complexity index is 1180. The van der Waals surface area contributed by atoms with Crippen molar-refractivity contribution in [2.75, 3.05) is 24.7 Å². The largest absolute Gasteiger partial charge is 0.480 e. The minimum atomic E-state index is -0.941. The first-order valence-corrected chi connectivity index (χ1v) is 12.7. The second-order valence-corrected chi connectivity index (χ2v) is 9.51. The summed E-state index contributed by atoms with van der Waals surface area (Å²) in [6, 6.07) is 12.3. The van der Waals surface area contributed by atoms with E-state index in [1.807, 2.05) is 18.2 Å². The Hall–Kier alpha value is -2.54. The summed E-state index contributed by atoms with van der Waals surface area (Å²) in [4.78, 5) is 12.9. The molecule has 6 nitrogen and oxygen atoms in total. The number of aliphatic carboxylic acids is 1. The highest BCUT2D eigenvalue weighted by molar-refractivity contribution is 6.42. The third kappa shape index (κ3) is 6.78. The highest BCUT2D eigenvalue weighted by atomic mass is 35.5. The highest BCUT2D eigenvalue weighted by Gasteiger charge is 2.21. The predicted octanol–water partition coefficient (Wildman–Crippen LogP) is 6.63. The number of hydrogen-bond donors (Lipinski definition) is 2. The first-order chi connectivity index (χ1) is 16.7. The summed E-state index contributed by atoms with van der Waals surface area (Å²) in [5.41, 5.74) is 8.00. The van der Waals surface area contributed by atoms with Gasteiger partial charge in [0.25, 0.3) is 0 Å². The number of halogens is 2. The molecule has 2 N–H and O–H groups in total. The Morgan fingerprint density at radius 1 is 1.06 bits per heavy atom. The maximum absolute atomic E-state index is 10.6. The molecular weight excluding hydrogens is 485 g/mol. The summed E-state index contributed by atoms with van der Waals surface area (Å²) in [6.45, 7) is 10.4. The van der Waals surface area contributed by atoms with Gasteiger partial charge in [-0.2, -0.15) is 5.10 Å². The van der Waals surface area contributed by atoms with Crippen LogP contribution in [0.25, 0.3) is 11.1 Å². The molecule has 0 saturated heterocycles. The van der Waals surface area contributed by atoms with Gasteiger partial charge in [-0.25, -0.2) is 4.79 Å². The van der Waals surface area contributed by atoms with E-state index in [9.17, 15) is 4.79 Å². The van der Waals surface area contributed by atoms with E-state index in [1.54, 1.807) is 0 Å². The topological polar surface area (TPSA) is 69.4 Å². The molecule has 35 heavy (non-hydrogen) atoms. The van der Waals surface area contributed by atoms with Gasteiger partial charge in [0, 0.05) is 31.5 Å². The van der Waals surface area contributed by atoms with Crippen LogP contribution >= 0.6 is 23.2 Å². The normalized spacial score (nSPS) is 11.1. The first-order valence-electron chi connectivity index (χ1n) is 11.9. The maximum Gasteiger partial charge on any atom is 0.329 e. The number of carboxylic acids is 1. The van der Waals surface area contributed by atoms with Crippen LogP contribution in [-0.4, -0.2) is 35.9 Å². The molecule has 0 radical (unpaired) electrons. The predicted molar refractivity (Wildman–Crippen MR) is 142 cm³/mol. The molecule has 8 heteroatoms. The van der Waals surface area contributed by atoms with Crippen molar-refractivity contribution in [2.24, 2.45) is 0 Å². The number of H-pyrrole nitrogens is 1. The smallest absolute Gasteiger partial charge is 0.329 e. The summed E-state index contributed by atoms with van der Waals surface area (Å²) in [5, 5.41) is 13.2. The molecule has 0 bridgehead atoms. The van der Waals surface area contributed by atoms with Crippen LogP contribution < -0.4 is 9.58 Å². The number of aromatic nitrogens is 2. The molecule has 2 aromatic carbocycles. The highest BCUT2D eigenvalue weighted by Crippen LogP contribution is 2.36. The van der Waals surface area contributed by atoms with Crippen LogP contribution in [0.15, 0.2) is 36.4 Å². The number of nitrogens with one attached hydrogen (secondary N) is 1. The number of hydrogen-bond acceptors (Lipinski definition) is 3. The Labute approximate surface area is 217 Å². The number of aromatic amines is 1. The second kappa shape index (κ2) is 12.4. The number of nitrogens with zero attached hydrogens (tertiary/aromatic N) is 2. The molecule has 0 aliphatic rings. The quantitative estimate of drug-likeness (QED) is 0.208. The van der Waals surface area contributed by atoms with Crippen molar-refractivity contribution in [3.8, 4) is 11.1 Å². The summed E-state index contributed by atoms with van der Waals surface area (Å²) in [7, 11) is 0. The van der Waals surface area contributed by atoms with Crippen molar-refractivity contribution in [2.45, 2.75) is 53.5 Å². The van der Waals surface area contributed by atoms with Gasteiger partial charge in [-0.15, -0.1) is 4.68 Å². The van der Waals surface area contributed by atoms with Crippen LogP contribution in [-0.2, 0) is 16.1 Å². The fourth-order valence-corrected chi connectivity index (χ4v) is 4.69. The molecular formula is C27H34Cl2N3O3+. The first kappa shape index (κ1) is 27.1. The Morgan fingerprint density at radius 3 is 2.49 bits per heavy atom. The molecule has 0 spiro atoms. The van der Waals surface area contributed by atoms with Crippen molar-refractivity contribution < 1.29 is 19.3 Å². The third-order valence-electron chi connectivity index (χ3n) is 6.16. The lowest BCUT2D eigenvalue weighted by molar-refractivity contribution is -0.752. The minimum Gasteiger partial charge on any atom is -0.480 e. The van der Waals surface area contributed by atoms with Crippen molar-refractivity contribution in [3.05, 3.63) is 63.4 Å². The van der Waals surface area contributed by atoms with Crippen LogP contribution in [0.5, 0.6) is 0 Å². The molecule has 0 unspecified atom stereocenters. The van der Waals surface area contributed by atoms with E-state index >= 15 is 0 Å². The van der Waals surface area contributed by atoms with Crippen LogP contribution in [0.3, 0.4) is 0 Å². The van der Waals surface area contributed by atoms with Crippen molar-refractivity contribution >= 4 is 40.5 Å². The number of unbranched alkanes of at least 4 members (excludes halogenated alkanes) is 2. The monoisotopic (exact) mass is 518 g/mol. The van der Waals surface area contributed by atoms with Gasteiger partial charge in [-0.1, -0.05) is 35.3 Å². The zero-order chi connectivity index (χ0) is 25.5. The van der Waals surface area contributed by atoms with Gasteiger partial charge in [-0.3, -0.25) is 0 Å².